The highest BCUT2D eigenvalue weighted by Gasteiger charge is 2.24. The summed E-state index contributed by atoms with van der Waals surface area (Å²) in [5, 5.41) is 0. The van der Waals surface area contributed by atoms with Crippen molar-refractivity contribution in [3.05, 3.63) is 59.1 Å². The summed E-state index contributed by atoms with van der Waals surface area (Å²) in [4.78, 5) is 13.9. The summed E-state index contributed by atoms with van der Waals surface area (Å²) in [6.07, 6.45) is 0. The number of hydrogen-bond acceptors (Lipinski definition) is 2. The molecule has 0 unspecified atom stereocenters. The van der Waals surface area contributed by atoms with Crippen LogP contribution in [-0.2, 0) is 6.54 Å². The van der Waals surface area contributed by atoms with Gasteiger partial charge in [-0.15, -0.1) is 0 Å². The normalized spacial score (nSPS) is 11.0. The van der Waals surface area contributed by atoms with Gasteiger partial charge in [0.15, 0.2) is 11.6 Å². The molecular formula is C16H17F2NO2. The van der Waals surface area contributed by atoms with Gasteiger partial charge in [0.2, 0.25) is 0 Å². The number of halogens is 2. The molecule has 1 aromatic carbocycles. The fourth-order valence-corrected chi connectivity index (χ4v) is 2.05. The van der Waals surface area contributed by atoms with Gasteiger partial charge in [-0.05, 0) is 45.0 Å². The number of carbonyl (C=O) groups is 1. The molecule has 0 aliphatic carbocycles. The maximum absolute atomic E-state index is 13.8. The van der Waals surface area contributed by atoms with E-state index in [9.17, 15) is 13.6 Å². The zero-order valence-electron chi connectivity index (χ0n) is 12.2. The fraction of sp³-hybridized carbons (Fsp3) is 0.312. The zero-order chi connectivity index (χ0) is 15.6. The molecule has 1 aromatic heterocycles. The Hall–Kier alpha value is -2.17. The summed E-state index contributed by atoms with van der Waals surface area (Å²) in [5.41, 5.74) is -0.271. The van der Waals surface area contributed by atoms with E-state index in [4.69, 9.17) is 4.42 Å². The van der Waals surface area contributed by atoms with Crippen LogP contribution in [-0.4, -0.2) is 16.8 Å². The number of amides is 1. The topological polar surface area (TPSA) is 33.5 Å². The molecule has 0 saturated carbocycles. The molecule has 112 valence electrons. The Morgan fingerprint density at radius 2 is 1.95 bits per heavy atom. The largest absolute Gasteiger partial charge is 0.464 e. The van der Waals surface area contributed by atoms with Crippen molar-refractivity contribution in [2.24, 2.45) is 0 Å². The lowest BCUT2D eigenvalue weighted by atomic mass is 10.1. The average molecular weight is 293 g/mol. The van der Waals surface area contributed by atoms with E-state index in [0.29, 0.717) is 5.76 Å². The third-order valence-electron chi connectivity index (χ3n) is 3.19. The second-order valence-electron chi connectivity index (χ2n) is 5.14. The number of hydrogen-bond donors (Lipinski definition) is 0. The molecule has 2 aromatic rings. The molecule has 3 nitrogen and oxygen atoms in total. The van der Waals surface area contributed by atoms with Gasteiger partial charge in [-0.25, -0.2) is 8.78 Å². The second-order valence-corrected chi connectivity index (χ2v) is 5.14. The Labute approximate surface area is 122 Å². The minimum absolute atomic E-state index is 0.175. The second kappa shape index (κ2) is 6.08. The number of carbonyl (C=O) groups excluding carboxylic acids is 1. The third-order valence-corrected chi connectivity index (χ3v) is 3.19. The van der Waals surface area contributed by atoms with Crippen LogP contribution < -0.4 is 0 Å². The molecule has 0 atom stereocenters. The number of aryl methyl sites for hydroxylation is 1. The molecule has 0 aliphatic rings. The highest BCUT2D eigenvalue weighted by Crippen LogP contribution is 2.18. The van der Waals surface area contributed by atoms with Crippen molar-refractivity contribution in [3.63, 3.8) is 0 Å². The van der Waals surface area contributed by atoms with Crippen LogP contribution in [0.15, 0.2) is 34.7 Å². The molecule has 1 heterocycles. The van der Waals surface area contributed by atoms with Gasteiger partial charge in [0.1, 0.15) is 11.5 Å². The van der Waals surface area contributed by atoms with E-state index >= 15 is 0 Å². The van der Waals surface area contributed by atoms with Crippen LogP contribution in [0.4, 0.5) is 8.78 Å². The molecule has 1 amide bonds. The lowest BCUT2D eigenvalue weighted by Gasteiger charge is -2.26. The first kappa shape index (κ1) is 15.2. The van der Waals surface area contributed by atoms with Crippen molar-refractivity contribution in [1.29, 1.82) is 0 Å². The molecule has 0 aliphatic heterocycles. The van der Waals surface area contributed by atoms with Gasteiger partial charge in [-0.1, -0.05) is 6.07 Å². The Morgan fingerprint density at radius 1 is 1.24 bits per heavy atom. The first-order chi connectivity index (χ1) is 9.90. The predicted octanol–water partition coefficient (Wildman–Crippen LogP) is 3.92. The summed E-state index contributed by atoms with van der Waals surface area (Å²) in [6.45, 7) is 5.63. The molecular weight excluding hydrogens is 276 g/mol. The van der Waals surface area contributed by atoms with Crippen LogP contribution in [0.2, 0.25) is 0 Å². The van der Waals surface area contributed by atoms with E-state index in [-0.39, 0.29) is 18.2 Å². The van der Waals surface area contributed by atoms with Gasteiger partial charge in [0.05, 0.1) is 12.1 Å². The van der Waals surface area contributed by atoms with Crippen molar-refractivity contribution in [2.45, 2.75) is 33.4 Å². The van der Waals surface area contributed by atoms with Crippen molar-refractivity contribution < 1.29 is 18.0 Å². The molecule has 0 saturated heterocycles. The summed E-state index contributed by atoms with van der Waals surface area (Å²) in [5.74, 6) is -1.37. The van der Waals surface area contributed by atoms with Gasteiger partial charge in [0.25, 0.3) is 5.91 Å². The van der Waals surface area contributed by atoms with Crippen molar-refractivity contribution in [2.75, 3.05) is 0 Å². The van der Waals surface area contributed by atoms with E-state index in [2.05, 4.69) is 0 Å². The standard InChI is InChI=1S/C16H17F2NO2/c1-10(2)19(9-12-8-7-11(3)21-12)16(20)13-5-4-6-14(17)15(13)18/h4-8,10H,9H2,1-3H3. The van der Waals surface area contributed by atoms with Crippen molar-refractivity contribution in [3.8, 4) is 0 Å². The number of rotatable bonds is 4. The smallest absolute Gasteiger partial charge is 0.257 e. The van der Waals surface area contributed by atoms with Gasteiger partial charge in [-0.2, -0.15) is 0 Å². The van der Waals surface area contributed by atoms with E-state index < -0.39 is 17.5 Å². The van der Waals surface area contributed by atoms with E-state index in [1.807, 2.05) is 13.8 Å². The number of furan rings is 1. The van der Waals surface area contributed by atoms with Crippen LogP contribution in [0.1, 0.15) is 35.7 Å². The van der Waals surface area contributed by atoms with E-state index in [0.717, 1.165) is 11.8 Å². The number of benzene rings is 1. The molecule has 0 N–H and O–H groups in total. The van der Waals surface area contributed by atoms with Crippen LogP contribution in [0, 0.1) is 18.6 Å². The minimum atomic E-state index is -1.12. The van der Waals surface area contributed by atoms with Crippen LogP contribution in [0.3, 0.4) is 0 Å². The van der Waals surface area contributed by atoms with Crippen molar-refractivity contribution in [1.82, 2.24) is 4.90 Å². The van der Waals surface area contributed by atoms with Gasteiger partial charge in [0, 0.05) is 6.04 Å². The SMILES string of the molecule is Cc1ccc(CN(C(=O)c2cccc(F)c2F)C(C)C)o1. The first-order valence-corrected chi connectivity index (χ1v) is 6.70. The molecule has 0 bridgehead atoms. The molecule has 21 heavy (non-hydrogen) atoms. The Bertz CT molecular complexity index is 649. The van der Waals surface area contributed by atoms with Gasteiger partial charge in [-0.3, -0.25) is 4.79 Å². The molecule has 0 radical (unpaired) electrons. The van der Waals surface area contributed by atoms with Gasteiger partial charge < -0.3 is 9.32 Å². The predicted molar refractivity (Wildman–Crippen MR) is 74.8 cm³/mol. The quantitative estimate of drug-likeness (QED) is 0.856. The Kier molecular flexibility index (Phi) is 4.40. The van der Waals surface area contributed by atoms with Crippen LogP contribution in [0.25, 0.3) is 0 Å². The van der Waals surface area contributed by atoms with Crippen LogP contribution in [0.5, 0.6) is 0 Å². The minimum Gasteiger partial charge on any atom is -0.464 e. The van der Waals surface area contributed by atoms with Gasteiger partial charge >= 0.3 is 0 Å². The Morgan fingerprint density at radius 3 is 2.52 bits per heavy atom. The summed E-state index contributed by atoms with van der Waals surface area (Å²) >= 11 is 0. The molecule has 0 fully saturated rings. The number of nitrogens with zero attached hydrogens (tertiary/aromatic N) is 1. The summed E-state index contributed by atoms with van der Waals surface area (Å²) < 4.78 is 32.5. The van der Waals surface area contributed by atoms with Crippen molar-refractivity contribution >= 4 is 5.91 Å². The first-order valence-electron chi connectivity index (χ1n) is 6.70. The van der Waals surface area contributed by atoms with Crippen LogP contribution >= 0.6 is 0 Å². The lowest BCUT2D eigenvalue weighted by Crippen LogP contribution is -2.36. The average Bonchev–Trinajstić information content (AvgIpc) is 2.84. The summed E-state index contributed by atoms with van der Waals surface area (Å²) in [7, 11) is 0. The molecule has 0 spiro atoms. The third kappa shape index (κ3) is 3.29. The van der Waals surface area contributed by atoms with E-state index in [1.165, 1.54) is 17.0 Å². The highest BCUT2D eigenvalue weighted by molar-refractivity contribution is 5.94. The maximum atomic E-state index is 13.8. The molecule has 2 rings (SSSR count). The maximum Gasteiger partial charge on any atom is 0.257 e. The molecule has 5 heteroatoms. The van der Waals surface area contributed by atoms with E-state index in [1.54, 1.807) is 19.1 Å². The Balaban J connectivity index is 2.29. The monoisotopic (exact) mass is 293 g/mol. The zero-order valence-corrected chi connectivity index (χ0v) is 12.2. The highest BCUT2D eigenvalue weighted by atomic mass is 19.2. The fourth-order valence-electron chi connectivity index (χ4n) is 2.05. The lowest BCUT2D eigenvalue weighted by molar-refractivity contribution is 0.0669. The summed E-state index contributed by atoms with van der Waals surface area (Å²) in [6, 6.07) is 6.97.